The van der Waals surface area contributed by atoms with E-state index in [4.69, 9.17) is 9.47 Å². The summed E-state index contributed by atoms with van der Waals surface area (Å²) in [5.74, 6) is -1.47. The van der Waals surface area contributed by atoms with Crippen LogP contribution in [0.2, 0.25) is 0 Å². The molecule has 0 saturated carbocycles. The van der Waals surface area contributed by atoms with Gasteiger partial charge in [-0.05, 0) is 105 Å². The van der Waals surface area contributed by atoms with Gasteiger partial charge in [-0.3, -0.25) is 24.1 Å². The number of β-amino-alcohol motifs (C(OH)–C–C–N with tert-alkyl or cyclic N) is 1. The minimum absolute atomic E-state index is 0.0480. The summed E-state index contributed by atoms with van der Waals surface area (Å²) in [5.41, 5.74) is 0.662. The molecule has 6 amide bonds. The Hall–Kier alpha value is -7.30. The predicted molar refractivity (Wildman–Crippen MR) is 260 cm³/mol. The number of para-hydroxylation sites is 1. The molecule has 0 bridgehead atoms. The highest BCUT2D eigenvalue weighted by Crippen LogP contribution is 2.40. The molecule has 0 radical (unpaired) electrons. The number of alkyl halides is 3. The van der Waals surface area contributed by atoms with E-state index in [0.29, 0.717) is 41.0 Å². The standard InChI is InChI=1S/C52H54F3N7O8S/c1-31-43(71-30-58-31)33-15-13-32(14-16-33)28-57-46(65)41-26-37(63)29-60(41)47(66)44(50(2,3)4)59-45(64)39-11-7-8-12-42(39)70-24-10-9-23-69-38-21-19-35(20-22-38)62-49(68)61(48(67)51(62,5)6)36-18-17-34(27-56)40(25-36)52(53,54)55/h7-8,11-22,25,30,37,41,44,63H,9-10,23-24,26,28-29H2,1-6H3,(H,57,65)(H,59,64)/t37-,41+,44-/m1/s1. The average Bonchev–Trinajstić information content (AvgIpc) is 4.00. The molecule has 3 atom stereocenters. The molecule has 0 unspecified atom stereocenters. The molecular weight excluding hydrogens is 940 g/mol. The zero-order valence-corrected chi connectivity index (χ0v) is 40.8. The lowest BCUT2D eigenvalue weighted by atomic mass is 9.85. The zero-order chi connectivity index (χ0) is 51.4. The summed E-state index contributed by atoms with van der Waals surface area (Å²) >= 11 is 1.55. The maximum atomic E-state index is 14.3. The monoisotopic (exact) mass is 993 g/mol. The number of imide groups is 1. The highest BCUT2D eigenvalue weighted by molar-refractivity contribution is 7.13. The first-order chi connectivity index (χ1) is 33.6. The van der Waals surface area contributed by atoms with Crippen LogP contribution in [0.3, 0.4) is 0 Å². The highest BCUT2D eigenvalue weighted by atomic mass is 32.1. The van der Waals surface area contributed by atoms with Crippen molar-refractivity contribution in [1.29, 1.82) is 5.26 Å². The number of hydrogen-bond acceptors (Lipinski definition) is 11. The van der Waals surface area contributed by atoms with Gasteiger partial charge in [-0.1, -0.05) is 57.2 Å². The van der Waals surface area contributed by atoms with Crippen molar-refractivity contribution in [2.75, 3.05) is 29.6 Å². The lowest BCUT2D eigenvalue weighted by Gasteiger charge is -2.35. The Morgan fingerprint density at radius 2 is 1.61 bits per heavy atom. The van der Waals surface area contributed by atoms with E-state index in [1.54, 1.807) is 86.1 Å². The molecule has 2 aliphatic heterocycles. The van der Waals surface area contributed by atoms with Crippen LogP contribution in [0.4, 0.5) is 29.3 Å². The lowest BCUT2D eigenvalue weighted by Crippen LogP contribution is -2.57. The summed E-state index contributed by atoms with van der Waals surface area (Å²) in [7, 11) is 0. The predicted octanol–water partition coefficient (Wildman–Crippen LogP) is 8.42. The van der Waals surface area contributed by atoms with Gasteiger partial charge in [0.1, 0.15) is 29.1 Å². The Labute approximate surface area is 413 Å². The van der Waals surface area contributed by atoms with Crippen molar-refractivity contribution in [2.24, 2.45) is 5.41 Å². The fourth-order valence-corrected chi connectivity index (χ4v) is 9.31. The minimum atomic E-state index is -4.88. The summed E-state index contributed by atoms with van der Waals surface area (Å²) in [6.07, 6.45) is -4.70. The molecule has 2 saturated heterocycles. The number of hydrogen-bond donors (Lipinski definition) is 3. The van der Waals surface area contributed by atoms with Gasteiger partial charge in [0.15, 0.2) is 0 Å². The topological polar surface area (TPSA) is 194 Å². The number of amides is 6. The van der Waals surface area contributed by atoms with Crippen molar-refractivity contribution < 1.29 is 51.7 Å². The number of nitriles is 1. The number of carbonyl (C=O) groups is 5. The molecular formula is C52H54F3N7O8S. The second-order valence-corrected chi connectivity index (χ2v) is 19.8. The SMILES string of the molecule is Cc1ncsc1-c1ccc(CNC(=O)[C@@H]2C[C@@H](O)CN2C(=O)[C@@H](NC(=O)c2ccccc2OCCCCOc2ccc(N3C(=O)N(c4ccc(C#N)c(C(F)(F)F)c4)C(=O)C3(C)C)cc2)C(C)(C)C)cc1. The van der Waals surface area contributed by atoms with E-state index in [1.807, 2.05) is 31.2 Å². The summed E-state index contributed by atoms with van der Waals surface area (Å²) in [5, 5.41) is 25.7. The van der Waals surface area contributed by atoms with Crippen LogP contribution in [0.15, 0.2) is 96.5 Å². The molecule has 15 nitrogen and oxygen atoms in total. The first-order valence-electron chi connectivity index (χ1n) is 22.9. The number of nitrogens with one attached hydrogen (secondary N) is 2. The molecule has 5 aromatic rings. The van der Waals surface area contributed by atoms with E-state index < -0.39 is 76.1 Å². The van der Waals surface area contributed by atoms with Gasteiger partial charge in [-0.2, -0.15) is 18.4 Å². The van der Waals surface area contributed by atoms with Crippen molar-refractivity contribution >= 4 is 52.4 Å². The van der Waals surface area contributed by atoms with E-state index >= 15 is 0 Å². The van der Waals surface area contributed by atoms with Crippen LogP contribution in [-0.2, 0) is 27.1 Å². The minimum Gasteiger partial charge on any atom is -0.494 e. The number of aliphatic hydroxyl groups excluding tert-OH is 1. The van der Waals surface area contributed by atoms with Crippen LogP contribution in [0, 0.1) is 23.7 Å². The number of urea groups is 1. The van der Waals surface area contributed by atoms with E-state index in [9.17, 15) is 47.5 Å². The number of carbonyl (C=O) groups excluding carboxylic acids is 5. The molecule has 19 heteroatoms. The Morgan fingerprint density at radius 1 is 0.944 bits per heavy atom. The third-order valence-corrected chi connectivity index (χ3v) is 13.3. The third kappa shape index (κ3) is 11.3. The zero-order valence-electron chi connectivity index (χ0n) is 40.0. The molecule has 0 spiro atoms. The molecule has 7 rings (SSSR count). The number of anilines is 2. The maximum Gasteiger partial charge on any atom is 0.417 e. The number of aliphatic hydroxyl groups is 1. The van der Waals surface area contributed by atoms with Gasteiger partial charge in [0.2, 0.25) is 11.8 Å². The van der Waals surface area contributed by atoms with Crippen LogP contribution in [0.5, 0.6) is 11.5 Å². The first-order valence-corrected chi connectivity index (χ1v) is 23.8. The van der Waals surface area contributed by atoms with Gasteiger partial charge < -0.3 is 30.1 Å². The number of rotatable bonds is 16. The highest BCUT2D eigenvalue weighted by Gasteiger charge is 2.53. The van der Waals surface area contributed by atoms with Crippen LogP contribution >= 0.6 is 11.3 Å². The van der Waals surface area contributed by atoms with Gasteiger partial charge in [0.25, 0.3) is 11.8 Å². The second-order valence-electron chi connectivity index (χ2n) is 18.9. The van der Waals surface area contributed by atoms with E-state index in [-0.39, 0.29) is 44.0 Å². The van der Waals surface area contributed by atoms with Crippen molar-refractivity contribution in [1.82, 2.24) is 20.5 Å². The maximum absolute atomic E-state index is 14.3. The fourth-order valence-electron chi connectivity index (χ4n) is 8.50. The number of benzene rings is 4. The van der Waals surface area contributed by atoms with Crippen molar-refractivity contribution in [3.63, 3.8) is 0 Å². The molecule has 1 aromatic heterocycles. The van der Waals surface area contributed by atoms with Gasteiger partial charge in [0.05, 0.1) is 63.8 Å². The molecule has 2 aliphatic rings. The molecule has 3 N–H and O–H groups in total. The Kier molecular flexibility index (Phi) is 15.2. The van der Waals surface area contributed by atoms with Gasteiger partial charge in [-0.15, -0.1) is 11.3 Å². The van der Waals surface area contributed by atoms with Gasteiger partial charge in [-0.25, -0.2) is 14.7 Å². The number of likely N-dealkylation sites (tertiary alicyclic amines) is 1. The van der Waals surface area contributed by atoms with Crippen molar-refractivity contribution in [3.05, 3.63) is 124 Å². The smallest absolute Gasteiger partial charge is 0.417 e. The number of aryl methyl sites for hydroxylation is 1. The van der Waals surface area contributed by atoms with Crippen LogP contribution in [0.25, 0.3) is 10.4 Å². The quantitative estimate of drug-likeness (QED) is 0.0638. The summed E-state index contributed by atoms with van der Waals surface area (Å²) < 4.78 is 53.1. The first kappa shape index (κ1) is 51.5. The Morgan fingerprint density at radius 3 is 2.24 bits per heavy atom. The number of halogens is 3. The van der Waals surface area contributed by atoms with Crippen LogP contribution in [0.1, 0.15) is 86.6 Å². The second kappa shape index (κ2) is 21.0. The lowest BCUT2D eigenvalue weighted by molar-refractivity contribution is -0.142. The molecule has 0 aliphatic carbocycles. The van der Waals surface area contributed by atoms with Gasteiger partial charge >= 0.3 is 12.2 Å². The molecule has 71 heavy (non-hydrogen) atoms. The fraction of sp³-hybridized carbons (Fsp3) is 0.365. The molecule has 3 heterocycles. The van der Waals surface area contributed by atoms with Crippen LogP contribution < -0.4 is 29.9 Å². The van der Waals surface area contributed by atoms with Gasteiger partial charge in [0, 0.05) is 25.2 Å². The summed E-state index contributed by atoms with van der Waals surface area (Å²) in [6.45, 7) is 11.0. The Balaban J connectivity index is 0.906. The van der Waals surface area contributed by atoms with Crippen LogP contribution in [-0.4, -0.2) is 88.1 Å². The summed E-state index contributed by atoms with van der Waals surface area (Å²) in [6, 6.07) is 22.0. The molecule has 4 aromatic carbocycles. The number of aromatic nitrogens is 1. The normalized spacial score (nSPS) is 17.2. The summed E-state index contributed by atoms with van der Waals surface area (Å²) in [4.78, 5) is 77.5. The number of unbranched alkanes of at least 4 members (excludes halogenated alkanes) is 1. The number of thiazole rings is 1. The van der Waals surface area contributed by atoms with Crippen molar-refractivity contribution in [3.8, 4) is 28.0 Å². The third-order valence-electron chi connectivity index (χ3n) is 12.3. The molecule has 372 valence electrons. The van der Waals surface area contributed by atoms with E-state index in [1.165, 1.54) is 29.7 Å². The van der Waals surface area contributed by atoms with E-state index in [0.717, 1.165) is 33.8 Å². The van der Waals surface area contributed by atoms with Crippen molar-refractivity contribution in [2.45, 2.75) is 97.3 Å². The Bertz CT molecular complexity index is 2840. The average molecular weight is 994 g/mol. The number of ether oxygens (including phenoxy) is 2. The number of nitrogens with zero attached hydrogens (tertiary/aromatic N) is 5. The molecule has 2 fully saturated rings. The largest absolute Gasteiger partial charge is 0.494 e. The van der Waals surface area contributed by atoms with E-state index in [2.05, 4.69) is 15.6 Å².